The third-order valence-electron chi connectivity index (χ3n) is 3.12. The fourth-order valence-corrected chi connectivity index (χ4v) is 3.05. The van der Waals surface area contributed by atoms with Crippen molar-refractivity contribution in [2.24, 2.45) is 0 Å². The topological polar surface area (TPSA) is 63.6 Å². The molecule has 1 unspecified atom stereocenters. The third-order valence-corrected chi connectivity index (χ3v) is 4.19. The molecule has 1 atom stereocenters. The largest absolute Gasteiger partial charge is 0.308 e. The summed E-state index contributed by atoms with van der Waals surface area (Å²) < 4.78 is 0. The van der Waals surface area contributed by atoms with Gasteiger partial charge < -0.3 is 5.32 Å². The summed E-state index contributed by atoms with van der Waals surface area (Å²) in [5.41, 5.74) is 2.83. The van der Waals surface area contributed by atoms with Crippen LogP contribution in [0.25, 0.3) is 10.6 Å². The van der Waals surface area contributed by atoms with E-state index in [9.17, 15) is 0 Å². The molecule has 2 aromatic rings. The van der Waals surface area contributed by atoms with Crippen molar-refractivity contribution in [1.82, 2.24) is 25.7 Å². The van der Waals surface area contributed by atoms with Crippen LogP contribution in [0.3, 0.4) is 0 Å². The number of aromatic nitrogens is 4. The summed E-state index contributed by atoms with van der Waals surface area (Å²) in [6.45, 7) is 9.23. The Hall–Kier alpha value is -1.40. The number of hydrogen-bond donors (Lipinski definition) is 1. The van der Waals surface area contributed by atoms with E-state index < -0.39 is 0 Å². The maximum Gasteiger partial charge on any atom is 0.149 e. The van der Waals surface area contributed by atoms with E-state index in [4.69, 9.17) is 0 Å². The average Bonchev–Trinajstić information content (AvgIpc) is 2.92. The number of nitrogens with zero attached hydrogens (tertiary/aromatic N) is 4. The van der Waals surface area contributed by atoms with Crippen molar-refractivity contribution in [1.29, 1.82) is 0 Å². The van der Waals surface area contributed by atoms with E-state index in [1.807, 2.05) is 19.9 Å². The summed E-state index contributed by atoms with van der Waals surface area (Å²) in [5.74, 6) is 0. The Kier molecular flexibility index (Phi) is 5.14. The van der Waals surface area contributed by atoms with Crippen LogP contribution < -0.4 is 5.32 Å². The molecule has 0 saturated heterocycles. The van der Waals surface area contributed by atoms with Crippen LogP contribution in [-0.4, -0.2) is 26.9 Å². The fraction of sp³-hybridized carbons (Fsp3) is 0.571. The zero-order valence-electron chi connectivity index (χ0n) is 12.5. The monoisotopic (exact) mass is 291 g/mol. The molecule has 0 bridgehead atoms. The van der Waals surface area contributed by atoms with Crippen molar-refractivity contribution >= 4 is 11.3 Å². The second-order valence-corrected chi connectivity index (χ2v) is 5.85. The van der Waals surface area contributed by atoms with Gasteiger partial charge in [0.2, 0.25) is 0 Å². The highest BCUT2D eigenvalue weighted by molar-refractivity contribution is 7.14. The molecule has 0 fully saturated rings. The van der Waals surface area contributed by atoms with Crippen LogP contribution in [-0.2, 0) is 0 Å². The standard InChI is InChI=1S/C14H21N5S/c1-5-7-15-12(6-2)14-19-18-13(20-14)11-8-9(3)16-17-10(11)4/h8,12,15H,5-7H2,1-4H3. The molecule has 108 valence electrons. The normalized spacial score (nSPS) is 12.6. The van der Waals surface area contributed by atoms with E-state index in [-0.39, 0.29) is 6.04 Å². The van der Waals surface area contributed by atoms with Gasteiger partial charge in [-0.2, -0.15) is 10.2 Å². The van der Waals surface area contributed by atoms with E-state index in [2.05, 4.69) is 39.6 Å². The molecule has 2 heterocycles. The summed E-state index contributed by atoms with van der Waals surface area (Å²) >= 11 is 1.64. The molecule has 2 rings (SSSR count). The van der Waals surface area contributed by atoms with Gasteiger partial charge in [0.25, 0.3) is 0 Å². The highest BCUT2D eigenvalue weighted by Gasteiger charge is 2.16. The Morgan fingerprint density at radius 2 is 1.95 bits per heavy atom. The predicted molar refractivity (Wildman–Crippen MR) is 81.7 cm³/mol. The van der Waals surface area contributed by atoms with E-state index in [0.29, 0.717) is 0 Å². The summed E-state index contributed by atoms with van der Waals surface area (Å²) in [6, 6.07) is 2.31. The first-order valence-corrected chi connectivity index (χ1v) is 7.85. The molecule has 0 spiro atoms. The van der Waals surface area contributed by atoms with Crippen molar-refractivity contribution in [3.8, 4) is 10.6 Å². The Bertz CT molecular complexity index is 566. The van der Waals surface area contributed by atoms with Gasteiger partial charge in [-0.25, -0.2) is 0 Å². The van der Waals surface area contributed by atoms with E-state index in [0.717, 1.165) is 46.4 Å². The van der Waals surface area contributed by atoms with Crippen LogP contribution in [0.5, 0.6) is 0 Å². The van der Waals surface area contributed by atoms with Crippen LogP contribution in [0.2, 0.25) is 0 Å². The second-order valence-electron chi connectivity index (χ2n) is 4.85. The SMILES string of the molecule is CCCNC(CC)c1nnc(-c2cc(C)nnc2C)s1. The van der Waals surface area contributed by atoms with Crippen LogP contribution in [0.1, 0.15) is 49.1 Å². The first-order valence-electron chi connectivity index (χ1n) is 7.03. The molecule has 0 aliphatic rings. The Balaban J connectivity index is 2.25. The van der Waals surface area contributed by atoms with Crippen LogP contribution in [0.15, 0.2) is 6.07 Å². The van der Waals surface area contributed by atoms with Gasteiger partial charge in [-0.3, -0.25) is 0 Å². The highest BCUT2D eigenvalue weighted by atomic mass is 32.1. The van der Waals surface area contributed by atoms with Gasteiger partial charge in [0, 0.05) is 5.56 Å². The molecule has 0 amide bonds. The Morgan fingerprint density at radius 1 is 1.15 bits per heavy atom. The van der Waals surface area contributed by atoms with Crippen molar-refractivity contribution < 1.29 is 0 Å². The van der Waals surface area contributed by atoms with Gasteiger partial charge in [0.05, 0.1) is 17.4 Å². The third kappa shape index (κ3) is 3.37. The average molecular weight is 291 g/mol. The lowest BCUT2D eigenvalue weighted by atomic mass is 10.2. The second kappa shape index (κ2) is 6.85. The molecular weight excluding hydrogens is 270 g/mol. The van der Waals surface area contributed by atoms with E-state index >= 15 is 0 Å². The lowest BCUT2D eigenvalue weighted by Crippen LogP contribution is -2.21. The quantitative estimate of drug-likeness (QED) is 0.886. The maximum atomic E-state index is 4.35. The van der Waals surface area contributed by atoms with Crippen molar-refractivity contribution in [2.75, 3.05) is 6.54 Å². The first-order chi connectivity index (χ1) is 9.65. The van der Waals surface area contributed by atoms with Gasteiger partial charge in [-0.1, -0.05) is 25.2 Å². The molecule has 0 radical (unpaired) electrons. The minimum atomic E-state index is 0.289. The smallest absolute Gasteiger partial charge is 0.149 e. The van der Waals surface area contributed by atoms with Gasteiger partial charge in [0.15, 0.2) is 0 Å². The van der Waals surface area contributed by atoms with Gasteiger partial charge in [-0.15, -0.1) is 10.2 Å². The number of aryl methyl sites for hydroxylation is 2. The van der Waals surface area contributed by atoms with Gasteiger partial charge in [-0.05, 0) is 39.3 Å². The minimum Gasteiger partial charge on any atom is -0.308 e. The zero-order valence-corrected chi connectivity index (χ0v) is 13.3. The molecule has 5 nitrogen and oxygen atoms in total. The molecule has 1 N–H and O–H groups in total. The molecule has 6 heteroatoms. The summed E-state index contributed by atoms with van der Waals surface area (Å²) in [4.78, 5) is 0. The van der Waals surface area contributed by atoms with Crippen LogP contribution >= 0.6 is 11.3 Å². The number of rotatable bonds is 6. The molecule has 0 saturated carbocycles. The molecular formula is C14H21N5S. The Morgan fingerprint density at radius 3 is 2.65 bits per heavy atom. The summed E-state index contributed by atoms with van der Waals surface area (Å²) in [6.07, 6.45) is 2.13. The zero-order chi connectivity index (χ0) is 14.5. The summed E-state index contributed by atoms with van der Waals surface area (Å²) in [7, 11) is 0. The van der Waals surface area contributed by atoms with Crippen molar-refractivity contribution in [3.63, 3.8) is 0 Å². The van der Waals surface area contributed by atoms with E-state index in [1.165, 1.54) is 0 Å². The molecule has 20 heavy (non-hydrogen) atoms. The minimum absolute atomic E-state index is 0.289. The van der Waals surface area contributed by atoms with Crippen LogP contribution in [0.4, 0.5) is 0 Å². The lowest BCUT2D eigenvalue weighted by Gasteiger charge is -2.12. The van der Waals surface area contributed by atoms with Crippen LogP contribution in [0, 0.1) is 13.8 Å². The van der Waals surface area contributed by atoms with Crippen molar-refractivity contribution in [3.05, 3.63) is 22.5 Å². The number of nitrogens with one attached hydrogen (secondary N) is 1. The molecule has 2 aromatic heterocycles. The van der Waals surface area contributed by atoms with Crippen molar-refractivity contribution in [2.45, 2.75) is 46.6 Å². The Labute approximate surface area is 123 Å². The predicted octanol–water partition coefficient (Wildman–Crippen LogP) is 3.06. The number of hydrogen-bond acceptors (Lipinski definition) is 6. The summed E-state index contributed by atoms with van der Waals surface area (Å²) in [5, 5.41) is 22.4. The molecule has 0 aromatic carbocycles. The molecule has 0 aliphatic carbocycles. The first kappa shape index (κ1) is 15.0. The lowest BCUT2D eigenvalue weighted by molar-refractivity contribution is 0.513. The van der Waals surface area contributed by atoms with Gasteiger partial charge in [0.1, 0.15) is 10.0 Å². The maximum absolute atomic E-state index is 4.35. The fourth-order valence-electron chi connectivity index (χ4n) is 1.98. The van der Waals surface area contributed by atoms with E-state index in [1.54, 1.807) is 11.3 Å². The van der Waals surface area contributed by atoms with Gasteiger partial charge >= 0.3 is 0 Å². The molecule has 0 aliphatic heterocycles. The highest BCUT2D eigenvalue weighted by Crippen LogP contribution is 2.29.